The first kappa shape index (κ1) is 10.0. The number of carboxylic acids is 1. The predicted molar refractivity (Wildman–Crippen MR) is 47.9 cm³/mol. The largest absolute Gasteiger partial charge is 0.480 e. The maximum absolute atomic E-state index is 10.9. The van der Waals surface area contributed by atoms with Crippen LogP contribution in [-0.2, 0) is 4.79 Å². The second kappa shape index (κ2) is 3.02. The van der Waals surface area contributed by atoms with Crippen molar-refractivity contribution in [2.45, 2.75) is 39.5 Å². The molecule has 1 aliphatic rings. The van der Waals surface area contributed by atoms with Crippen molar-refractivity contribution in [3.8, 4) is 6.07 Å². The summed E-state index contributed by atoms with van der Waals surface area (Å²) in [6.45, 7) is 4.24. The highest BCUT2D eigenvalue weighted by atomic mass is 16.4. The van der Waals surface area contributed by atoms with Gasteiger partial charge in [-0.2, -0.15) is 5.26 Å². The van der Waals surface area contributed by atoms with E-state index in [9.17, 15) is 4.79 Å². The van der Waals surface area contributed by atoms with Crippen molar-refractivity contribution < 1.29 is 9.90 Å². The molecule has 0 aromatic carbocycles. The van der Waals surface area contributed by atoms with Crippen LogP contribution in [0.3, 0.4) is 0 Å². The number of carbonyl (C=O) groups is 1. The fraction of sp³-hybridized carbons (Fsp3) is 0.800. The smallest absolute Gasteiger partial charge is 0.324 e. The third-order valence-electron chi connectivity index (χ3n) is 3.08. The zero-order valence-electron chi connectivity index (χ0n) is 8.13. The number of nitriles is 1. The van der Waals surface area contributed by atoms with Gasteiger partial charge in [0.15, 0.2) is 5.41 Å². The summed E-state index contributed by atoms with van der Waals surface area (Å²) < 4.78 is 0. The second-order valence-electron chi connectivity index (χ2n) is 4.66. The third-order valence-corrected chi connectivity index (χ3v) is 3.08. The van der Waals surface area contributed by atoms with E-state index in [1.807, 2.05) is 6.07 Å². The van der Waals surface area contributed by atoms with E-state index in [2.05, 4.69) is 13.8 Å². The van der Waals surface area contributed by atoms with Crippen LogP contribution in [0.25, 0.3) is 0 Å². The number of aliphatic carboxylic acids is 1. The highest BCUT2D eigenvalue weighted by Crippen LogP contribution is 2.44. The second-order valence-corrected chi connectivity index (χ2v) is 4.66. The maximum Gasteiger partial charge on any atom is 0.324 e. The zero-order valence-corrected chi connectivity index (χ0v) is 8.13. The first-order valence-corrected chi connectivity index (χ1v) is 4.57. The molecule has 0 radical (unpaired) electrons. The molecule has 0 heterocycles. The lowest BCUT2D eigenvalue weighted by molar-refractivity contribution is -0.148. The fourth-order valence-corrected chi connectivity index (χ4v) is 1.73. The molecule has 1 rings (SSSR count). The lowest BCUT2D eigenvalue weighted by atomic mass is 9.66. The minimum atomic E-state index is -1.10. The number of nitrogens with zero attached hydrogens (tertiary/aromatic N) is 1. The lowest BCUT2D eigenvalue weighted by Crippen LogP contribution is -2.36. The van der Waals surface area contributed by atoms with E-state index in [1.54, 1.807) is 0 Å². The van der Waals surface area contributed by atoms with Crippen LogP contribution >= 0.6 is 0 Å². The van der Waals surface area contributed by atoms with Crippen LogP contribution in [0.2, 0.25) is 0 Å². The van der Waals surface area contributed by atoms with Crippen LogP contribution < -0.4 is 0 Å². The van der Waals surface area contributed by atoms with E-state index in [4.69, 9.17) is 10.4 Å². The molecular weight excluding hydrogens is 166 g/mol. The van der Waals surface area contributed by atoms with Crippen LogP contribution in [0.15, 0.2) is 0 Å². The SMILES string of the molecule is CC1(C)CCC(C#N)(C(=O)O)CC1. The summed E-state index contributed by atoms with van der Waals surface area (Å²) in [6, 6.07) is 1.96. The first-order valence-electron chi connectivity index (χ1n) is 4.57. The monoisotopic (exact) mass is 181 g/mol. The topological polar surface area (TPSA) is 61.1 Å². The molecule has 1 aliphatic carbocycles. The average molecular weight is 181 g/mol. The Morgan fingerprint density at radius 3 is 2.08 bits per heavy atom. The highest BCUT2D eigenvalue weighted by Gasteiger charge is 2.44. The van der Waals surface area contributed by atoms with Gasteiger partial charge in [-0.15, -0.1) is 0 Å². The van der Waals surface area contributed by atoms with Gasteiger partial charge < -0.3 is 5.11 Å². The van der Waals surface area contributed by atoms with Crippen LogP contribution in [0.5, 0.6) is 0 Å². The summed E-state index contributed by atoms with van der Waals surface area (Å²) in [5, 5.41) is 17.8. The van der Waals surface area contributed by atoms with Crippen molar-refractivity contribution in [3.63, 3.8) is 0 Å². The van der Waals surface area contributed by atoms with E-state index < -0.39 is 11.4 Å². The van der Waals surface area contributed by atoms with Gasteiger partial charge in [0.25, 0.3) is 0 Å². The maximum atomic E-state index is 10.9. The van der Waals surface area contributed by atoms with Crippen LogP contribution in [0.4, 0.5) is 0 Å². The molecule has 0 spiro atoms. The van der Waals surface area contributed by atoms with Gasteiger partial charge in [0.1, 0.15) is 0 Å². The number of carboxylic acid groups (broad SMARTS) is 1. The standard InChI is InChI=1S/C10H15NO2/c1-9(2)3-5-10(7-11,6-4-9)8(12)13/h3-6H2,1-2H3,(H,12,13). The van der Waals surface area contributed by atoms with Crippen molar-refractivity contribution >= 4 is 5.97 Å². The predicted octanol–water partition coefficient (Wildman–Crippen LogP) is 2.18. The van der Waals surface area contributed by atoms with Gasteiger partial charge in [-0.1, -0.05) is 13.8 Å². The minimum Gasteiger partial charge on any atom is -0.480 e. The Labute approximate surface area is 78.4 Å². The van der Waals surface area contributed by atoms with Crippen molar-refractivity contribution in [1.29, 1.82) is 5.26 Å². The highest BCUT2D eigenvalue weighted by molar-refractivity contribution is 5.78. The first-order chi connectivity index (χ1) is 5.92. The quantitative estimate of drug-likeness (QED) is 0.674. The van der Waals surface area contributed by atoms with Gasteiger partial charge in [-0.05, 0) is 31.1 Å². The van der Waals surface area contributed by atoms with Crippen LogP contribution in [0, 0.1) is 22.2 Å². The normalized spacial score (nSPS) is 24.7. The van der Waals surface area contributed by atoms with E-state index >= 15 is 0 Å². The number of rotatable bonds is 1. The van der Waals surface area contributed by atoms with Crippen molar-refractivity contribution in [3.05, 3.63) is 0 Å². The Hall–Kier alpha value is -1.04. The Balaban J connectivity index is 2.77. The van der Waals surface area contributed by atoms with Gasteiger partial charge >= 0.3 is 5.97 Å². The molecule has 0 atom stereocenters. The van der Waals surface area contributed by atoms with E-state index in [1.165, 1.54) is 0 Å². The van der Waals surface area contributed by atoms with Crippen LogP contribution in [-0.4, -0.2) is 11.1 Å². The summed E-state index contributed by atoms with van der Waals surface area (Å²) >= 11 is 0. The molecule has 13 heavy (non-hydrogen) atoms. The molecular formula is C10H15NO2. The molecule has 0 bridgehead atoms. The van der Waals surface area contributed by atoms with Crippen molar-refractivity contribution in [2.75, 3.05) is 0 Å². The van der Waals surface area contributed by atoms with E-state index in [0.29, 0.717) is 12.8 Å². The van der Waals surface area contributed by atoms with E-state index in [0.717, 1.165) is 12.8 Å². The molecule has 3 heteroatoms. The summed E-state index contributed by atoms with van der Waals surface area (Å²) in [4.78, 5) is 10.9. The van der Waals surface area contributed by atoms with Gasteiger partial charge in [0, 0.05) is 0 Å². The molecule has 0 aromatic heterocycles. The molecule has 3 nitrogen and oxygen atoms in total. The molecule has 0 amide bonds. The molecule has 1 saturated carbocycles. The van der Waals surface area contributed by atoms with Gasteiger partial charge in [-0.3, -0.25) is 4.79 Å². The summed E-state index contributed by atoms with van der Waals surface area (Å²) in [5.74, 6) is -0.953. The minimum absolute atomic E-state index is 0.204. The van der Waals surface area contributed by atoms with Crippen LogP contribution in [0.1, 0.15) is 39.5 Å². The Kier molecular flexibility index (Phi) is 2.34. The molecule has 1 fully saturated rings. The third kappa shape index (κ3) is 1.82. The van der Waals surface area contributed by atoms with Gasteiger partial charge in [0.2, 0.25) is 0 Å². The van der Waals surface area contributed by atoms with E-state index in [-0.39, 0.29) is 5.41 Å². The Bertz CT molecular complexity index is 253. The summed E-state index contributed by atoms with van der Waals surface area (Å²) in [7, 11) is 0. The Morgan fingerprint density at radius 1 is 1.31 bits per heavy atom. The van der Waals surface area contributed by atoms with Gasteiger partial charge in [-0.25, -0.2) is 0 Å². The summed E-state index contributed by atoms with van der Waals surface area (Å²) in [5.41, 5.74) is -0.898. The zero-order chi connectivity index (χ0) is 10.1. The fourth-order valence-electron chi connectivity index (χ4n) is 1.73. The Morgan fingerprint density at radius 2 is 1.77 bits per heavy atom. The van der Waals surface area contributed by atoms with Gasteiger partial charge in [0.05, 0.1) is 6.07 Å². The van der Waals surface area contributed by atoms with Crippen molar-refractivity contribution in [1.82, 2.24) is 0 Å². The molecule has 72 valence electrons. The molecule has 0 aliphatic heterocycles. The summed E-state index contributed by atoms with van der Waals surface area (Å²) in [6.07, 6.45) is 2.64. The number of hydrogen-bond donors (Lipinski definition) is 1. The lowest BCUT2D eigenvalue weighted by Gasteiger charge is -2.36. The van der Waals surface area contributed by atoms with Crippen molar-refractivity contribution in [2.24, 2.45) is 10.8 Å². The molecule has 0 unspecified atom stereocenters. The average Bonchev–Trinajstić information content (AvgIpc) is 2.05. The molecule has 0 saturated heterocycles. The molecule has 0 aromatic rings. The molecule has 1 N–H and O–H groups in total. The number of hydrogen-bond acceptors (Lipinski definition) is 2.